The van der Waals surface area contributed by atoms with Crippen LogP contribution in [0.4, 0.5) is 4.79 Å². The van der Waals surface area contributed by atoms with E-state index in [0.717, 1.165) is 30.6 Å². The molecule has 1 heterocycles. The van der Waals surface area contributed by atoms with E-state index in [9.17, 15) is 19.2 Å². The molecular weight excluding hydrogens is 428 g/mol. The van der Waals surface area contributed by atoms with E-state index in [1.54, 1.807) is 6.92 Å². The molecule has 0 spiro atoms. The van der Waals surface area contributed by atoms with Crippen molar-refractivity contribution < 1.29 is 23.9 Å². The van der Waals surface area contributed by atoms with Crippen molar-refractivity contribution in [1.29, 1.82) is 0 Å². The third-order valence-corrected chi connectivity index (χ3v) is 6.34. The van der Waals surface area contributed by atoms with E-state index in [-0.39, 0.29) is 31.4 Å². The molecule has 3 amide bonds. The molecule has 0 aromatic carbocycles. The third-order valence-electron chi connectivity index (χ3n) is 6.34. The molecule has 11 heteroatoms. The Morgan fingerprint density at radius 2 is 1.88 bits per heavy atom. The lowest BCUT2D eigenvalue weighted by Gasteiger charge is -2.32. The second-order valence-electron chi connectivity index (χ2n) is 8.74. The van der Waals surface area contributed by atoms with E-state index >= 15 is 0 Å². The van der Waals surface area contributed by atoms with E-state index in [0.29, 0.717) is 44.4 Å². The molecule has 0 radical (unpaired) electrons. The summed E-state index contributed by atoms with van der Waals surface area (Å²) < 4.78 is 5.06. The van der Waals surface area contributed by atoms with Crippen LogP contribution in [0.25, 0.3) is 0 Å². The highest BCUT2D eigenvalue weighted by atomic mass is 16.6. The van der Waals surface area contributed by atoms with Crippen molar-refractivity contribution in [1.82, 2.24) is 9.80 Å². The molecule has 1 saturated heterocycles. The quantitative estimate of drug-likeness (QED) is 0.171. The van der Waals surface area contributed by atoms with Gasteiger partial charge < -0.3 is 31.6 Å². The molecule has 33 heavy (non-hydrogen) atoms. The minimum absolute atomic E-state index is 0.0434. The molecule has 2 fully saturated rings. The van der Waals surface area contributed by atoms with Gasteiger partial charge in [-0.3, -0.25) is 14.6 Å². The van der Waals surface area contributed by atoms with E-state index in [1.165, 1.54) is 4.90 Å². The van der Waals surface area contributed by atoms with Gasteiger partial charge in [0.05, 0.1) is 18.7 Å². The molecule has 6 N–H and O–H groups in total. The fourth-order valence-corrected chi connectivity index (χ4v) is 4.72. The molecule has 11 nitrogen and oxygen atoms in total. The molecule has 186 valence electrons. The third kappa shape index (κ3) is 7.41. The summed E-state index contributed by atoms with van der Waals surface area (Å²) in [7, 11) is 0. The van der Waals surface area contributed by atoms with Crippen molar-refractivity contribution in [3.05, 3.63) is 0 Å². The first-order chi connectivity index (χ1) is 15.8. The number of amides is 3. The Kier molecular flexibility index (Phi) is 10.6. The topological polar surface area (TPSA) is 174 Å². The minimum Gasteiger partial charge on any atom is -0.449 e. The zero-order chi connectivity index (χ0) is 24.4. The lowest BCUT2D eigenvalue weighted by molar-refractivity contribution is -0.145. The number of nitrogens with two attached hydrogens (primary N) is 3. The summed E-state index contributed by atoms with van der Waals surface area (Å²) >= 11 is 0. The SMILES string of the molecule is CCOC(=O)N(C(=O)[C@@H]1CCCN1C(=O)[C@H](N)CC1CCCC1)[C@H](C=O)CCCN=C(N)N. The van der Waals surface area contributed by atoms with Gasteiger partial charge in [-0.05, 0) is 44.9 Å². The number of hydrogen-bond donors (Lipinski definition) is 3. The normalized spacial score (nSPS) is 20.2. The average Bonchev–Trinajstić information content (AvgIpc) is 3.47. The van der Waals surface area contributed by atoms with E-state index in [4.69, 9.17) is 21.9 Å². The molecule has 0 aromatic rings. The fraction of sp³-hybridized carbons (Fsp3) is 0.773. The maximum atomic E-state index is 13.4. The van der Waals surface area contributed by atoms with Gasteiger partial charge in [-0.2, -0.15) is 0 Å². The Balaban J connectivity index is 2.13. The van der Waals surface area contributed by atoms with Crippen LogP contribution >= 0.6 is 0 Å². The van der Waals surface area contributed by atoms with Crippen molar-refractivity contribution in [3.8, 4) is 0 Å². The van der Waals surface area contributed by atoms with Gasteiger partial charge in [0.25, 0.3) is 5.91 Å². The maximum absolute atomic E-state index is 13.4. The van der Waals surface area contributed by atoms with E-state index in [1.807, 2.05) is 0 Å². The van der Waals surface area contributed by atoms with Gasteiger partial charge in [0, 0.05) is 13.1 Å². The number of nitrogens with zero attached hydrogens (tertiary/aromatic N) is 3. The van der Waals surface area contributed by atoms with E-state index < -0.39 is 30.1 Å². The van der Waals surface area contributed by atoms with Crippen LogP contribution < -0.4 is 17.2 Å². The zero-order valence-corrected chi connectivity index (χ0v) is 19.5. The molecular formula is C22H38N6O5. The van der Waals surface area contributed by atoms with Crippen LogP contribution in [-0.2, 0) is 19.1 Å². The Morgan fingerprint density at radius 1 is 1.18 bits per heavy atom. The minimum atomic E-state index is -1.05. The van der Waals surface area contributed by atoms with Crippen molar-refractivity contribution in [2.45, 2.75) is 82.8 Å². The largest absolute Gasteiger partial charge is 0.449 e. The second-order valence-corrected chi connectivity index (χ2v) is 8.74. The van der Waals surface area contributed by atoms with Crippen LogP contribution in [-0.4, -0.2) is 77.8 Å². The molecule has 0 aromatic heterocycles. The number of hydrogen-bond acceptors (Lipinski definition) is 7. The van der Waals surface area contributed by atoms with Crippen LogP contribution in [0.3, 0.4) is 0 Å². The Morgan fingerprint density at radius 3 is 2.48 bits per heavy atom. The summed E-state index contributed by atoms with van der Waals surface area (Å²) in [5.41, 5.74) is 16.8. The average molecular weight is 467 g/mol. The fourth-order valence-electron chi connectivity index (χ4n) is 4.72. The second kappa shape index (κ2) is 13.1. The highest BCUT2D eigenvalue weighted by Crippen LogP contribution is 2.29. The van der Waals surface area contributed by atoms with Crippen LogP contribution in [0.15, 0.2) is 4.99 Å². The summed E-state index contributed by atoms with van der Waals surface area (Å²) in [5.74, 6) is -0.547. The standard InChI is InChI=1S/C22H38N6O5/c1-2-33-22(32)28(16(14-29)9-5-11-26-21(24)25)20(31)18-10-6-12-27(18)19(30)17(23)13-15-7-3-4-8-15/h14-18H,2-13,23H2,1H3,(H4,24,25,26)/t16-,17+,18-/m0/s1. The summed E-state index contributed by atoms with van der Waals surface area (Å²) in [6, 6.07) is -2.58. The summed E-state index contributed by atoms with van der Waals surface area (Å²) in [6.45, 7) is 2.30. The van der Waals surface area contributed by atoms with Gasteiger partial charge in [0.2, 0.25) is 5.91 Å². The number of aldehydes is 1. The number of guanidine groups is 1. The van der Waals surface area contributed by atoms with Crippen LogP contribution in [0.2, 0.25) is 0 Å². The smallest absolute Gasteiger partial charge is 0.417 e. The van der Waals surface area contributed by atoms with Crippen LogP contribution in [0.5, 0.6) is 0 Å². The molecule has 2 rings (SSSR count). The van der Waals surface area contributed by atoms with Crippen molar-refractivity contribution in [2.24, 2.45) is 28.1 Å². The van der Waals surface area contributed by atoms with E-state index in [2.05, 4.69) is 4.99 Å². The van der Waals surface area contributed by atoms with Gasteiger partial charge in [-0.25, -0.2) is 9.69 Å². The van der Waals surface area contributed by atoms with Gasteiger partial charge in [0.1, 0.15) is 12.3 Å². The number of imide groups is 1. The molecule has 0 unspecified atom stereocenters. The number of carbonyl (C=O) groups is 4. The first-order valence-electron chi connectivity index (χ1n) is 11.9. The number of likely N-dealkylation sites (tertiary alicyclic amines) is 1. The lowest BCUT2D eigenvalue weighted by atomic mass is 9.98. The van der Waals surface area contributed by atoms with Crippen LogP contribution in [0.1, 0.15) is 64.7 Å². The number of ether oxygens (including phenoxy) is 1. The van der Waals surface area contributed by atoms with Crippen molar-refractivity contribution in [2.75, 3.05) is 19.7 Å². The maximum Gasteiger partial charge on any atom is 0.417 e. The Hall–Kier alpha value is -2.69. The van der Waals surface area contributed by atoms with Gasteiger partial charge in [-0.1, -0.05) is 25.7 Å². The lowest BCUT2D eigenvalue weighted by Crippen LogP contribution is -2.56. The summed E-state index contributed by atoms with van der Waals surface area (Å²) in [5, 5.41) is 0. The molecule has 1 saturated carbocycles. The highest BCUT2D eigenvalue weighted by Gasteiger charge is 2.42. The Bertz CT molecular complexity index is 720. The van der Waals surface area contributed by atoms with Gasteiger partial charge in [0.15, 0.2) is 5.96 Å². The zero-order valence-electron chi connectivity index (χ0n) is 19.5. The highest BCUT2D eigenvalue weighted by molar-refractivity contribution is 5.99. The number of carbonyl (C=O) groups excluding carboxylic acids is 4. The number of rotatable bonds is 11. The Labute approximate surface area is 195 Å². The predicted molar refractivity (Wildman–Crippen MR) is 123 cm³/mol. The first kappa shape index (κ1) is 26.6. The monoisotopic (exact) mass is 466 g/mol. The number of aliphatic imine (C=N–C) groups is 1. The van der Waals surface area contributed by atoms with Crippen molar-refractivity contribution >= 4 is 30.2 Å². The molecule has 3 atom stereocenters. The molecule has 1 aliphatic carbocycles. The van der Waals surface area contributed by atoms with Crippen molar-refractivity contribution in [3.63, 3.8) is 0 Å². The molecule has 1 aliphatic heterocycles. The first-order valence-corrected chi connectivity index (χ1v) is 11.9. The predicted octanol–water partition coefficient (Wildman–Crippen LogP) is 0.491. The molecule has 0 bridgehead atoms. The molecule has 2 aliphatic rings. The van der Waals surface area contributed by atoms with Gasteiger partial charge in [-0.15, -0.1) is 0 Å². The summed E-state index contributed by atoms with van der Waals surface area (Å²) in [6.07, 6.45) is 6.25. The van der Waals surface area contributed by atoms with Gasteiger partial charge >= 0.3 is 6.09 Å². The van der Waals surface area contributed by atoms with Crippen LogP contribution in [0, 0.1) is 5.92 Å². The summed E-state index contributed by atoms with van der Waals surface area (Å²) in [4.78, 5) is 57.2.